The van der Waals surface area contributed by atoms with Crippen LogP contribution in [0.25, 0.3) is 0 Å². The lowest BCUT2D eigenvalue weighted by molar-refractivity contribution is -0.117. The Bertz CT molecular complexity index is 292. The summed E-state index contributed by atoms with van der Waals surface area (Å²) in [5.74, 6) is -0.331. The zero-order chi connectivity index (χ0) is 9.14. The fourth-order valence-corrected chi connectivity index (χ4v) is 2.15. The van der Waals surface area contributed by atoms with Crippen LogP contribution in [0, 0.1) is 0 Å². The van der Waals surface area contributed by atoms with Crippen LogP contribution < -0.4 is 5.73 Å². The maximum atomic E-state index is 10.7. The van der Waals surface area contributed by atoms with Crippen molar-refractivity contribution in [3.8, 4) is 0 Å². The molecule has 0 heterocycles. The zero-order valence-electron chi connectivity index (χ0n) is 6.18. The largest absolute Gasteiger partial charge is 0.369 e. The Kier molecular flexibility index (Phi) is 3.29. The van der Waals surface area contributed by atoms with E-state index in [2.05, 4.69) is 31.9 Å². The van der Waals surface area contributed by atoms with E-state index in [4.69, 9.17) is 5.73 Å². The summed E-state index contributed by atoms with van der Waals surface area (Å²) in [6.45, 7) is 0. The summed E-state index contributed by atoms with van der Waals surface area (Å²) in [5.41, 5.74) is 5.98. The van der Waals surface area contributed by atoms with Gasteiger partial charge in [-0.25, -0.2) is 0 Å². The van der Waals surface area contributed by atoms with Crippen molar-refractivity contribution in [2.45, 2.75) is 6.42 Å². The lowest BCUT2D eigenvalue weighted by Crippen LogP contribution is -2.14. The summed E-state index contributed by atoms with van der Waals surface area (Å²) < 4.78 is 1.80. The van der Waals surface area contributed by atoms with Gasteiger partial charge in [0.15, 0.2) is 0 Å². The molecule has 0 aliphatic carbocycles. The van der Waals surface area contributed by atoms with E-state index >= 15 is 0 Å². The first-order valence-electron chi connectivity index (χ1n) is 3.32. The van der Waals surface area contributed by atoms with E-state index in [1.807, 2.05) is 18.2 Å². The molecular formula is C8H7Br2NO. The second-order valence-electron chi connectivity index (χ2n) is 2.34. The molecule has 1 aromatic carbocycles. The highest BCUT2D eigenvalue weighted by Gasteiger charge is 2.06. The molecule has 0 spiro atoms. The Labute approximate surface area is 87.4 Å². The second kappa shape index (κ2) is 4.05. The maximum absolute atomic E-state index is 10.7. The van der Waals surface area contributed by atoms with Crippen LogP contribution in [0.3, 0.4) is 0 Å². The van der Waals surface area contributed by atoms with Gasteiger partial charge in [0.1, 0.15) is 0 Å². The molecule has 1 amide bonds. The van der Waals surface area contributed by atoms with Gasteiger partial charge in [-0.2, -0.15) is 0 Å². The Morgan fingerprint density at radius 3 is 2.25 bits per heavy atom. The molecule has 0 atom stereocenters. The molecule has 0 aliphatic rings. The first-order valence-corrected chi connectivity index (χ1v) is 4.91. The van der Waals surface area contributed by atoms with Crippen LogP contribution in [-0.2, 0) is 11.2 Å². The van der Waals surface area contributed by atoms with E-state index in [0.29, 0.717) is 0 Å². The van der Waals surface area contributed by atoms with Crippen molar-refractivity contribution >= 4 is 37.8 Å². The quantitative estimate of drug-likeness (QED) is 0.892. The van der Waals surface area contributed by atoms with E-state index in [0.717, 1.165) is 14.5 Å². The van der Waals surface area contributed by atoms with Gasteiger partial charge < -0.3 is 5.73 Å². The van der Waals surface area contributed by atoms with E-state index < -0.39 is 0 Å². The molecule has 0 saturated carbocycles. The number of benzene rings is 1. The normalized spacial score (nSPS) is 9.83. The number of hydrogen-bond acceptors (Lipinski definition) is 1. The van der Waals surface area contributed by atoms with E-state index in [1.54, 1.807) is 0 Å². The molecule has 12 heavy (non-hydrogen) atoms. The number of primary amides is 1. The highest BCUT2D eigenvalue weighted by Crippen LogP contribution is 2.25. The van der Waals surface area contributed by atoms with Crippen LogP contribution in [-0.4, -0.2) is 5.91 Å². The van der Waals surface area contributed by atoms with Crippen molar-refractivity contribution in [2.75, 3.05) is 0 Å². The summed E-state index contributed by atoms with van der Waals surface area (Å²) >= 11 is 6.68. The zero-order valence-corrected chi connectivity index (χ0v) is 9.35. The number of rotatable bonds is 2. The summed E-state index contributed by atoms with van der Waals surface area (Å²) in [4.78, 5) is 10.7. The van der Waals surface area contributed by atoms with Crippen LogP contribution in [0.2, 0.25) is 0 Å². The third kappa shape index (κ3) is 2.32. The first kappa shape index (κ1) is 9.74. The summed E-state index contributed by atoms with van der Waals surface area (Å²) in [5, 5.41) is 0. The van der Waals surface area contributed by atoms with Gasteiger partial charge in [0.05, 0.1) is 6.42 Å². The first-order chi connectivity index (χ1) is 5.61. The number of amides is 1. The molecule has 0 aromatic heterocycles. The highest BCUT2D eigenvalue weighted by atomic mass is 79.9. The summed E-state index contributed by atoms with van der Waals surface area (Å²) in [6, 6.07) is 5.64. The van der Waals surface area contributed by atoms with Crippen LogP contribution >= 0.6 is 31.9 Å². The number of nitrogens with two attached hydrogens (primary N) is 1. The number of carbonyl (C=O) groups excluding carboxylic acids is 1. The lowest BCUT2D eigenvalue weighted by atomic mass is 10.1. The van der Waals surface area contributed by atoms with Gasteiger partial charge in [0.2, 0.25) is 5.91 Å². The summed E-state index contributed by atoms with van der Waals surface area (Å²) in [7, 11) is 0. The van der Waals surface area contributed by atoms with E-state index in [1.165, 1.54) is 0 Å². The van der Waals surface area contributed by atoms with Gasteiger partial charge in [-0.3, -0.25) is 4.79 Å². The van der Waals surface area contributed by atoms with Crippen molar-refractivity contribution in [1.82, 2.24) is 0 Å². The Hall–Kier alpha value is -0.350. The fraction of sp³-hybridized carbons (Fsp3) is 0.125. The van der Waals surface area contributed by atoms with Crippen LogP contribution in [0.4, 0.5) is 0 Å². The monoisotopic (exact) mass is 291 g/mol. The topological polar surface area (TPSA) is 43.1 Å². The van der Waals surface area contributed by atoms with E-state index in [9.17, 15) is 4.79 Å². The minimum atomic E-state index is -0.331. The molecule has 0 fully saturated rings. The van der Waals surface area contributed by atoms with Gasteiger partial charge in [-0.1, -0.05) is 37.9 Å². The highest BCUT2D eigenvalue weighted by molar-refractivity contribution is 9.11. The molecule has 1 rings (SSSR count). The minimum absolute atomic E-state index is 0.252. The molecule has 2 nitrogen and oxygen atoms in total. The predicted molar refractivity (Wildman–Crippen MR) is 54.7 cm³/mol. The summed E-state index contributed by atoms with van der Waals surface area (Å²) in [6.07, 6.45) is 0.252. The lowest BCUT2D eigenvalue weighted by Gasteiger charge is -2.03. The number of carbonyl (C=O) groups is 1. The maximum Gasteiger partial charge on any atom is 0.221 e. The molecule has 4 heteroatoms. The van der Waals surface area contributed by atoms with Crippen LogP contribution in [0.1, 0.15) is 5.56 Å². The van der Waals surface area contributed by atoms with Gasteiger partial charge in [-0.05, 0) is 17.7 Å². The van der Waals surface area contributed by atoms with Gasteiger partial charge >= 0.3 is 0 Å². The molecule has 2 N–H and O–H groups in total. The second-order valence-corrected chi connectivity index (χ2v) is 4.05. The molecular weight excluding hydrogens is 286 g/mol. The molecule has 1 aromatic rings. The van der Waals surface area contributed by atoms with Crippen molar-refractivity contribution in [2.24, 2.45) is 5.73 Å². The standard InChI is InChI=1S/C8H7Br2NO/c9-6-2-1-3-7(10)5(6)4-8(11)12/h1-3H,4H2,(H2,11,12). The average Bonchev–Trinajstić information content (AvgIpc) is 1.97. The number of hydrogen-bond donors (Lipinski definition) is 1. The predicted octanol–water partition coefficient (Wildman–Crippen LogP) is 2.24. The molecule has 0 saturated heterocycles. The molecule has 64 valence electrons. The number of halogens is 2. The Balaban J connectivity index is 3.04. The van der Waals surface area contributed by atoms with Crippen LogP contribution in [0.15, 0.2) is 27.1 Å². The molecule has 0 bridgehead atoms. The van der Waals surface area contributed by atoms with E-state index in [-0.39, 0.29) is 12.3 Å². The Morgan fingerprint density at radius 2 is 1.83 bits per heavy atom. The average molecular weight is 293 g/mol. The smallest absolute Gasteiger partial charge is 0.221 e. The SMILES string of the molecule is NC(=O)Cc1c(Br)cccc1Br. The fourth-order valence-electron chi connectivity index (χ4n) is 0.875. The third-order valence-corrected chi connectivity index (χ3v) is 2.90. The molecule has 0 radical (unpaired) electrons. The van der Waals surface area contributed by atoms with Crippen molar-refractivity contribution in [3.63, 3.8) is 0 Å². The minimum Gasteiger partial charge on any atom is -0.369 e. The third-order valence-electron chi connectivity index (χ3n) is 1.41. The van der Waals surface area contributed by atoms with Crippen molar-refractivity contribution in [1.29, 1.82) is 0 Å². The van der Waals surface area contributed by atoms with Crippen molar-refractivity contribution in [3.05, 3.63) is 32.7 Å². The molecule has 0 aliphatic heterocycles. The molecule has 0 unspecified atom stereocenters. The van der Waals surface area contributed by atoms with Crippen LogP contribution in [0.5, 0.6) is 0 Å². The van der Waals surface area contributed by atoms with Gasteiger partial charge in [0.25, 0.3) is 0 Å². The van der Waals surface area contributed by atoms with Gasteiger partial charge in [0, 0.05) is 8.95 Å². The Morgan fingerprint density at radius 1 is 1.33 bits per heavy atom. The van der Waals surface area contributed by atoms with Gasteiger partial charge in [-0.15, -0.1) is 0 Å². The van der Waals surface area contributed by atoms with Crippen molar-refractivity contribution < 1.29 is 4.79 Å².